The number of fused-ring (bicyclic) bond motifs is 5. The Bertz CT molecular complexity index is 830. The van der Waals surface area contributed by atoms with E-state index >= 15 is 0 Å². The molecule has 0 N–H and O–H groups in total. The van der Waals surface area contributed by atoms with E-state index < -0.39 is 0 Å². The van der Waals surface area contributed by atoms with Gasteiger partial charge in [-0.05, 0) is 62.2 Å². The highest BCUT2D eigenvalue weighted by molar-refractivity contribution is 5.83. The largest absolute Gasteiger partial charge is 0.338 e. The fourth-order valence-corrected chi connectivity index (χ4v) is 8.51. The quantitative estimate of drug-likeness (QED) is 0.540. The van der Waals surface area contributed by atoms with Crippen molar-refractivity contribution in [2.75, 3.05) is 7.05 Å². The summed E-state index contributed by atoms with van der Waals surface area (Å²) in [6.45, 7) is 7.35. The van der Waals surface area contributed by atoms with Crippen LogP contribution in [0, 0.1) is 28.6 Å². The van der Waals surface area contributed by atoms with Gasteiger partial charge in [0.25, 0.3) is 0 Å². The molecule has 1 aromatic carbocycles. The van der Waals surface area contributed by atoms with E-state index in [-0.39, 0.29) is 11.5 Å². The van der Waals surface area contributed by atoms with E-state index in [9.17, 15) is 4.79 Å². The molecule has 8 atom stereocenters. The van der Waals surface area contributed by atoms with Crippen LogP contribution in [-0.4, -0.2) is 23.5 Å². The second-order valence-corrected chi connectivity index (χ2v) is 11.3. The molecular formula is C27H38NO+. The molecule has 0 bridgehead atoms. The second-order valence-electron chi connectivity index (χ2n) is 11.3. The Morgan fingerprint density at radius 3 is 2.52 bits per heavy atom. The molecule has 1 unspecified atom stereocenters. The standard InChI is InChI=1S/C27H38NO/c1-19(20-9-6-5-7-10-20)28(4)24-13-12-21-22-11-8-16-26(22,2)17-14-23(21)27(24,3)18-15-25(28)29/h5-7,9-10,15,18-19,21-24H,8,11-14,16-17H2,1-4H3/q+1/t19-,21+,22+,23+,24-,26+,27-,28?/m1/s1. The number of benzene rings is 1. The van der Waals surface area contributed by atoms with Crippen LogP contribution in [0.15, 0.2) is 42.5 Å². The minimum absolute atomic E-state index is 0.137. The van der Waals surface area contributed by atoms with Crippen LogP contribution >= 0.6 is 0 Å². The number of quaternary nitrogens is 1. The summed E-state index contributed by atoms with van der Waals surface area (Å²) >= 11 is 0. The summed E-state index contributed by atoms with van der Waals surface area (Å²) in [6, 6.07) is 11.3. The maximum atomic E-state index is 13.4. The highest BCUT2D eigenvalue weighted by Crippen LogP contribution is 2.65. The van der Waals surface area contributed by atoms with Crippen molar-refractivity contribution in [3.63, 3.8) is 0 Å². The summed E-state index contributed by atoms with van der Waals surface area (Å²) in [6.07, 6.45) is 13.9. The fraction of sp³-hybridized carbons (Fsp3) is 0.667. The molecule has 1 aromatic rings. The summed E-state index contributed by atoms with van der Waals surface area (Å²) in [4.78, 5) is 13.4. The first-order chi connectivity index (χ1) is 13.8. The monoisotopic (exact) mass is 392 g/mol. The minimum Gasteiger partial charge on any atom is -0.250 e. The van der Waals surface area contributed by atoms with Crippen molar-refractivity contribution < 1.29 is 9.28 Å². The van der Waals surface area contributed by atoms with Crippen LogP contribution in [0.25, 0.3) is 0 Å². The molecule has 156 valence electrons. The molecule has 3 saturated carbocycles. The molecule has 5 rings (SSSR count). The number of carbonyl (C=O) groups excluding carboxylic acids is 1. The van der Waals surface area contributed by atoms with Gasteiger partial charge in [-0.3, -0.25) is 4.48 Å². The molecule has 0 radical (unpaired) electrons. The highest BCUT2D eigenvalue weighted by atomic mass is 16.2. The third kappa shape index (κ3) is 2.60. The van der Waals surface area contributed by atoms with Crippen molar-refractivity contribution in [2.45, 2.75) is 77.8 Å². The zero-order valence-corrected chi connectivity index (χ0v) is 18.7. The second kappa shape index (κ2) is 6.54. The van der Waals surface area contributed by atoms with Crippen LogP contribution in [-0.2, 0) is 4.79 Å². The Morgan fingerprint density at radius 2 is 1.76 bits per heavy atom. The van der Waals surface area contributed by atoms with Gasteiger partial charge in [-0.15, -0.1) is 0 Å². The highest BCUT2D eigenvalue weighted by Gasteiger charge is 2.63. The predicted octanol–water partition coefficient (Wildman–Crippen LogP) is 6.29. The first-order valence-corrected chi connectivity index (χ1v) is 12.0. The first-order valence-electron chi connectivity index (χ1n) is 12.0. The van der Waals surface area contributed by atoms with Gasteiger partial charge in [0.15, 0.2) is 0 Å². The van der Waals surface area contributed by atoms with Gasteiger partial charge >= 0.3 is 5.91 Å². The SMILES string of the molecule is C[C@H](c1ccccc1)[N+]1(C)C(=O)C=C[C@@]2(C)[C@H]1CC[C@H]1[C@@H]3CCC[C@@]3(C)CC[C@@H]12. The zero-order valence-electron chi connectivity index (χ0n) is 18.7. The molecule has 0 saturated heterocycles. The van der Waals surface area contributed by atoms with Crippen LogP contribution in [0.5, 0.6) is 0 Å². The van der Waals surface area contributed by atoms with Crippen LogP contribution in [0.1, 0.15) is 77.3 Å². The Balaban J connectivity index is 1.53. The number of likely N-dealkylation sites (N-methyl/N-ethyl adjacent to an activating group) is 1. The third-order valence-corrected chi connectivity index (χ3v) is 10.3. The summed E-state index contributed by atoms with van der Waals surface area (Å²) in [7, 11) is 2.23. The molecule has 0 aromatic heterocycles. The van der Waals surface area contributed by atoms with Gasteiger partial charge in [0, 0.05) is 23.5 Å². The Kier molecular flexibility index (Phi) is 4.41. The van der Waals surface area contributed by atoms with E-state index in [0.29, 0.717) is 21.8 Å². The Hall–Kier alpha value is -1.41. The lowest BCUT2D eigenvalue weighted by Crippen LogP contribution is -2.68. The smallest absolute Gasteiger partial charge is 0.250 e. The van der Waals surface area contributed by atoms with Gasteiger partial charge in [0.2, 0.25) is 0 Å². The van der Waals surface area contributed by atoms with E-state index in [1.807, 2.05) is 6.08 Å². The third-order valence-electron chi connectivity index (χ3n) is 10.3. The molecule has 1 aliphatic heterocycles. The van der Waals surface area contributed by atoms with Crippen LogP contribution in [0.2, 0.25) is 0 Å². The predicted molar refractivity (Wildman–Crippen MR) is 118 cm³/mol. The van der Waals surface area contributed by atoms with Gasteiger partial charge in [-0.25, -0.2) is 4.79 Å². The molecule has 0 spiro atoms. The van der Waals surface area contributed by atoms with E-state index in [2.05, 4.69) is 64.2 Å². The first kappa shape index (κ1) is 19.5. The van der Waals surface area contributed by atoms with Gasteiger partial charge in [-0.2, -0.15) is 0 Å². The van der Waals surface area contributed by atoms with E-state index in [1.54, 1.807) is 0 Å². The van der Waals surface area contributed by atoms with Crippen LogP contribution < -0.4 is 0 Å². The van der Waals surface area contributed by atoms with Gasteiger partial charge in [0.1, 0.15) is 12.1 Å². The molecule has 2 heteroatoms. The van der Waals surface area contributed by atoms with E-state index in [0.717, 1.165) is 17.8 Å². The van der Waals surface area contributed by atoms with E-state index in [4.69, 9.17) is 0 Å². The molecule has 3 aliphatic carbocycles. The van der Waals surface area contributed by atoms with E-state index in [1.165, 1.54) is 50.5 Å². The summed E-state index contributed by atoms with van der Waals surface area (Å²) in [5.41, 5.74) is 2.02. The Labute approximate surface area is 177 Å². The number of amides is 1. The maximum absolute atomic E-state index is 13.4. The van der Waals surface area contributed by atoms with Crippen molar-refractivity contribution in [3.05, 3.63) is 48.0 Å². The molecule has 29 heavy (non-hydrogen) atoms. The summed E-state index contributed by atoms with van der Waals surface area (Å²) in [5.74, 6) is 2.80. The van der Waals surface area contributed by atoms with Crippen molar-refractivity contribution in [3.8, 4) is 0 Å². The number of hydrogen-bond donors (Lipinski definition) is 0. The van der Waals surface area contributed by atoms with Gasteiger partial charge in [-0.1, -0.05) is 56.7 Å². The minimum atomic E-state index is 0.137. The Morgan fingerprint density at radius 1 is 1.00 bits per heavy atom. The van der Waals surface area contributed by atoms with Crippen LogP contribution in [0.4, 0.5) is 0 Å². The molecule has 1 amide bonds. The van der Waals surface area contributed by atoms with Crippen molar-refractivity contribution in [1.29, 1.82) is 0 Å². The molecule has 4 aliphatic rings. The molecule has 1 heterocycles. The average molecular weight is 393 g/mol. The fourth-order valence-electron chi connectivity index (χ4n) is 8.51. The lowest BCUT2D eigenvalue weighted by Gasteiger charge is -2.61. The number of nitrogens with zero attached hydrogens (tertiary/aromatic N) is 1. The van der Waals surface area contributed by atoms with Gasteiger partial charge in [0.05, 0.1) is 7.05 Å². The number of rotatable bonds is 2. The zero-order chi connectivity index (χ0) is 20.4. The normalized spacial score (nSPS) is 47.2. The molecule has 2 nitrogen and oxygen atoms in total. The number of hydrogen-bond acceptors (Lipinski definition) is 1. The van der Waals surface area contributed by atoms with Crippen molar-refractivity contribution in [1.82, 2.24) is 0 Å². The number of carbonyl (C=O) groups is 1. The van der Waals surface area contributed by atoms with Crippen molar-refractivity contribution >= 4 is 5.91 Å². The summed E-state index contributed by atoms with van der Waals surface area (Å²) < 4.78 is 0.544. The average Bonchev–Trinajstić information content (AvgIpc) is 3.13. The molecular weight excluding hydrogens is 354 g/mol. The van der Waals surface area contributed by atoms with Crippen molar-refractivity contribution in [2.24, 2.45) is 28.6 Å². The topological polar surface area (TPSA) is 17.1 Å². The van der Waals surface area contributed by atoms with Crippen LogP contribution in [0.3, 0.4) is 0 Å². The maximum Gasteiger partial charge on any atom is 0.338 e. The van der Waals surface area contributed by atoms with Gasteiger partial charge < -0.3 is 0 Å². The lowest BCUT2D eigenvalue weighted by atomic mass is 9.48. The summed E-state index contributed by atoms with van der Waals surface area (Å²) in [5, 5.41) is 0. The lowest BCUT2D eigenvalue weighted by molar-refractivity contribution is -0.897. The molecule has 3 fully saturated rings.